The summed E-state index contributed by atoms with van der Waals surface area (Å²) >= 11 is 1.63. The number of thiazole rings is 1. The summed E-state index contributed by atoms with van der Waals surface area (Å²) in [7, 11) is 0. The maximum Gasteiger partial charge on any atom is 0.126 e. The van der Waals surface area contributed by atoms with Crippen LogP contribution in [-0.4, -0.2) is 11.0 Å². The fraction of sp³-hybridized carbons (Fsp3) is 0.400. The van der Waals surface area contributed by atoms with E-state index >= 15 is 0 Å². The third-order valence-corrected chi connectivity index (χ3v) is 4.60. The Balaban J connectivity index is 2.17. The van der Waals surface area contributed by atoms with Crippen molar-refractivity contribution in [2.24, 2.45) is 0 Å². The van der Waals surface area contributed by atoms with E-state index in [1.54, 1.807) is 23.5 Å². The molecule has 0 radical (unpaired) electrons. The fourth-order valence-electron chi connectivity index (χ4n) is 3.02. The Morgan fingerprint density at radius 2 is 2.26 bits per heavy atom. The molecular weight excluding hydrogens is 259 g/mol. The number of benzene rings is 1. The summed E-state index contributed by atoms with van der Waals surface area (Å²) in [6, 6.07) is 5.69. The zero-order chi connectivity index (χ0) is 13.5. The van der Waals surface area contributed by atoms with Crippen molar-refractivity contribution in [2.75, 3.05) is 0 Å². The van der Waals surface area contributed by atoms with Gasteiger partial charge in [0.05, 0.1) is 5.54 Å². The van der Waals surface area contributed by atoms with Crippen molar-refractivity contribution >= 4 is 11.3 Å². The quantitative estimate of drug-likeness (QED) is 0.928. The van der Waals surface area contributed by atoms with Crippen molar-refractivity contribution in [1.82, 2.24) is 10.3 Å². The second kappa shape index (κ2) is 4.69. The Bertz CT molecular complexity index is 580. The van der Waals surface area contributed by atoms with Crippen LogP contribution in [0, 0.1) is 5.82 Å². The van der Waals surface area contributed by atoms with Gasteiger partial charge < -0.3 is 0 Å². The van der Waals surface area contributed by atoms with Crippen molar-refractivity contribution in [3.05, 3.63) is 51.7 Å². The van der Waals surface area contributed by atoms with E-state index in [-0.39, 0.29) is 11.4 Å². The van der Waals surface area contributed by atoms with Crippen LogP contribution in [0.15, 0.2) is 29.8 Å². The zero-order valence-corrected chi connectivity index (χ0v) is 11.9. The van der Waals surface area contributed by atoms with Gasteiger partial charge in [-0.3, -0.25) is 5.32 Å². The first-order chi connectivity index (χ1) is 9.13. The number of halogens is 1. The summed E-state index contributed by atoms with van der Waals surface area (Å²) < 4.78 is 14.0. The number of nitrogens with one attached hydrogen (secondary N) is 1. The monoisotopic (exact) mass is 276 g/mol. The van der Waals surface area contributed by atoms with E-state index in [1.807, 2.05) is 17.6 Å². The van der Waals surface area contributed by atoms with Gasteiger partial charge in [-0.25, -0.2) is 9.37 Å². The first-order valence-corrected chi connectivity index (χ1v) is 7.47. The van der Waals surface area contributed by atoms with Gasteiger partial charge in [0.25, 0.3) is 0 Å². The van der Waals surface area contributed by atoms with E-state index in [0.717, 1.165) is 29.0 Å². The first kappa shape index (κ1) is 12.8. The summed E-state index contributed by atoms with van der Waals surface area (Å²) in [6.45, 7) is 4.24. The average molecular weight is 276 g/mol. The van der Waals surface area contributed by atoms with Crippen molar-refractivity contribution < 1.29 is 4.39 Å². The minimum Gasteiger partial charge on any atom is -0.299 e. The highest BCUT2D eigenvalue weighted by Crippen LogP contribution is 2.43. The summed E-state index contributed by atoms with van der Waals surface area (Å²) in [5.41, 5.74) is 1.57. The van der Waals surface area contributed by atoms with Gasteiger partial charge in [-0.1, -0.05) is 12.1 Å². The van der Waals surface area contributed by atoms with Crippen LogP contribution in [0.1, 0.15) is 36.4 Å². The molecule has 1 N–H and O–H groups in total. The average Bonchev–Trinajstić information content (AvgIpc) is 2.98. The van der Waals surface area contributed by atoms with Crippen molar-refractivity contribution in [3.8, 4) is 0 Å². The number of rotatable bonds is 3. The van der Waals surface area contributed by atoms with Crippen LogP contribution < -0.4 is 5.32 Å². The summed E-state index contributed by atoms with van der Waals surface area (Å²) in [4.78, 5) is 4.49. The minimum atomic E-state index is -0.320. The number of nitrogens with zero attached hydrogens (tertiary/aromatic N) is 1. The largest absolute Gasteiger partial charge is 0.299 e. The molecule has 0 aliphatic heterocycles. The topological polar surface area (TPSA) is 24.9 Å². The molecule has 100 valence electrons. The maximum atomic E-state index is 14.0. The van der Waals surface area contributed by atoms with Gasteiger partial charge in [0.15, 0.2) is 0 Å². The highest BCUT2D eigenvalue weighted by molar-refractivity contribution is 7.09. The molecule has 0 amide bonds. The van der Waals surface area contributed by atoms with Crippen molar-refractivity contribution in [2.45, 2.75) is 38.3 Å². The molecule has 2 nitrogen and oxygen atoms in total. The van der Waals surface area contributed by atoms with E-state index in [0.29, 0.717) is 6.04 Å². The van der Waals surface area contributed by atoms with Gasteiger partial charge in [0.1, 0.15) is 10.8 Å². The van der Waals surface area contributed by atoms with E-state index in [9.17, 15) is 4.39 Å². The third-order valence-electron chi connectivity index (χ3n) is 3.66. The van der Waals surface area contributed by atoms with E-state index < -0.39 is 0 Å². The Morgan fingerprint density at radius 3 is 2.95 bits per heavy atom. The van der Waals surface area contributed by atoms with Gasteiger partial charge in [-0.15, -0.1) is 11.3 Å². The Kier molecular flexibility index (Phi) is 3.15. The lowest BCUT2D eigenvalue weighted by atomic mass is 9.91. The maximum absolute atomic E-state index is 14.0. The zero-order valence-electron chi connectivity index (χ0n) is 11.1. The molecule has 19 heavy (non-hydrogen) atoms. The lowest BCUT2D eigenvalue weighted by Gasteiger charge is -2.32. The molecule has 3 rings (SSSR count). The second-order valence-electron chi connectivity index (χ2n) is 5.31. The van der Waals surface area contributed by atoms with Gasteiger partial charge in [0.2, 0.25) is 0 Å². The molecule has 0 saturated carbocycles. The molecule has 1 unspecified atom stereocenters. The summed E-state index contributed by atoms with van der Waals surface area (Å²) in [5, 5.41) is 6.64. The van der Waals surface area contributed by atoms with Gasteiger partial charge >= 0.3 is 0 Å². The molecule has 1 atom stereocenters. The van der Waals surface area contributed by atoms with E-state index in [4.69, 9.17) is 0 Å². The van der Waals surface area contributed by atoms with Crippen LogP contribution in [0.3, 0.4) is 0 Å². The molecule has 0 fully saturated rings. The lowest BCUT2D eigenvalue weighted by molar-refractivity contribution is 0.361. The highest BCUT2D eigenvalue weighted by Gasteiger charge is 2.43. The normalized spacial score (nSPS) is 21.9. The van der Waals surface area contributed by atoms with Crippen LogP contribution in [-0.2, 0) is 12.0 Å². The van der Waals surface area contributed by atoms with Gasteiger partial charge in [-0.05, 0) is 43.9 Å². The predicted molar refractivity (Wildman–Crippen MR) is 75.9 cm³/mol. The smallest absolute Gasteiger partial charge is 0.126 e. The number of fused-ring (bicyclic) bond motifs is 1. The Hall–Kier alpha value is -1.26. The summed E-state index contributed by atoms with van der Waals surface area (Å²) in [6.07, 6.45) is 3.46. The highest BCUT2D eigenvalue weighted by atomic mass is 32.1. The minimum absolute atomic E-state index is 0.0958. The van der Waals surface area contributed by atoms with Crippen LogP contribution >= 0.6 is 11.3 Å². The number of hydrogen-bond donors (Lipinski definition) is 1. The molecule has 4 heteroatoms. The summed E-state index contributed by atoms with van der Waals surface area (Å²) in [5.74, 6) is -0.0958. The fourth-order valence-corrected chi connectivity index (χ4v) is 3.87. The van der Waals surface area contributed by atoms with Gasteiger partial charge in [0, 0.05) is 17.6 Å². The SMILES string of the molecule is CC(C)NC1(c2nccs2)CCc2c(F)cccc21. The first-order valence-electron chi connectivity index (χ1n) is 6.59. The van der Waals surface area contributed by atoms with Crippen LogP contribution in [0.25, 0.3) is 0 Å². The molecule has 1 heterocycles. The molecular formula is C15H17FN2S. The standard InChI is InChI=1S/C15H17FN2S/c1-10(2)18-15(14-17-8-9-19-14)7-6-11-12(15)4-3-5-13(11)16/h3-5,8-10,18H,6-7H2,1-2H3. The molecule has 0 bridgehead atoms. The molecule has 0 saturated heterocycles. The Morgan fingerprint density at radius 1 is 1.42 bits per heavy atom. The molecule has 2 aromatic rings. The molecule has 1 aliphatic carbocycles. The number of aromatic nitrogens is 1. The van der Waals surface area contributed by atoms with E-state index in [1.165, 1.54) is 0 Å². The third kappa shape index (κ3) is 1.99. The second-order valence-corrected chi connectivity index (χ2v) is 6.20. The molecule has 1 aromatic heterocycles. The Labute approximate surface area is 116 Å². The lowest BCUT2D eigenvalue weighted by Crippen LogP contribution is -2.45. The molecule has 1 aromatic carbocycles. The van der Waals surface area contributed by atoms with Crippen molar-refractivity contribution in [3.63, 3.8) is 0 Å². The van der Waals surface area contributed by atoms with E-state index in [2.05, 4.69) is 24.1 Å². The van der Waals surface area contributed by atoms with Crippen LogP contribution in [0.5, 0.6) is 0 Å². The molecule has 0 spiro atoms. The van der Waals surface area contributed by atoms with Crippen LogP contribution in [0.2, 0.25) is 0 Å². The number of hydrogen-bond acceptors (Lipinski definition) is 3. The molecule has 1 aliphatic rings. The van der Waals surface area contributed by atoms with Crippen LogP contribution in [0.4, 0.5) is 4.39 Å². The predicted octanol–water partition coefficient (Wildman–Crippen LogP) is 3.47. The van der Waals surface area contributed by atoms with Gasteiger partial charge in [-0.2, -0.15) is 0 Å². The van der Waals surface area contributed by atoms with Crippen molar-refractivity contribution in [1.29, 1.82) is 0 Å².